The topological polar surface area (TPSA) is 38.3 Å². The van der Waals surface area contributed by atoms with E-state index < -0.39 is 0 Å². The van der Waals surface area contributed by atoms with Crippen LogP contribution in [0.15, 0.2) is 48.5 Å². The molecule has 2 aromatic carbocycles. The largest absolute Gasteiger partial charge is 0.494 e. The second-order valence-corrected chi connectivity index (χ2v) is 6.00. The molecule has 0 radical (unpaired) electrons. The zero-order chi connectivity index (χ0) is 16.7. The van der Waals surface area contributed by atoms with Crippen LogP contribution in [0, 0.1) is 12.8 Å². The maximum Gasteiger partial charge on any atom is 0.224 e. The Morgan fingerprint density at radius 2 is 1.74 bits per heavy atom. The van der Waals surface area contributed by atoms with Crippen LogP contribution in [-0.4, -0.2) is 12.5 Å². The third-order valence-electron chi connectivity index (χ3n) is 3.69. The highest BCUT2D eigenvalue weighted by atomic mass is 16.5. The molecule has 1 N–H and O–H groups in total. The van der Waals surface area contributed by atoms with Gasteiger partial charge in [-0.25, -0.2) is 0 Å². The Labute approximate surface area is 138 Å². The molecule has 122 valence electrons. The van der Waals surface area contributed by atoms with Gasteiger partial charge >= 0.3 is 0 Å². The molecule has 0 saturated carbocycles. The number of anilines is 1. The van der Waals surface area contributed by atoms with E-state index in [2.05, 4.69) is 43.4 Å². The molecule has 0 spiro atoms. The molecule has 2 rings (SSSR count). The van der Waals surface area contributed by atoms with Crippen molar-refractivity contribution in [2.75, 3.05) is 11.9 Å². The third kappa shape index (κ3) is 5.78. The number of aryl methyl sites for hydroxylation is 1. The quantitative estimate of drug-likeness (QED) is 0.811. The molecule has 0 unspecified atom stereocenters. The number of ether oxygens (including phenoxy) is 1. The van der Waals surface area contributed by atoms with Crippen LogP contribution in [0.5, 0.6) is 5.75 Å². The summed E-state index contributed by atoms with van der Waals surface area (Å²) >= 11 is 0. The lowest BCUT2D eigenvalue weighted by molar-refractivity contribution is -0.116. The minimum Gasteiger partial charge on any atom is -0.494 e. The molecular weight excluding hydrogens is 286 g/mol. The minimum atomic E-state index is 0.0498. The normalized spacial score (nSPS) is 11.8. The van der Waals surface area contributed by atoms with Crippen molar-refractivity contribution in [2.45, 2.75) is 33.6 Å². The fraction of sp³-hybridized carbons (Fsp3) is 0.350. The average Bonchev–Trinajstić information content (AvgIpc) is 2.51. The molecule has 2 aromatic rings. The molecule has 0 aliphatic heterocycles. The summed E-state index contributed by atoms with van der Waals surface area (Å²) < 4.78 is 5.39. The Bertz CT molecular complexity index is 617. The van der Waals surface area contributed by atoms with Crippen LogP contribution in [0.1, 0.15) is 31.4 Å². The van der Waals surface area contributed by atoms with Gasteiger partial charge in [0.15, 0.2) is 0 Å². The van der Waals surface area contributed by atoms with Crippen LogP contribution >= 0.6 is 0 Å². The molecular formula is C20H25NO2. The summed E-state index contributed by atoms with van der Waals surface area (Å²) in [6.07, 6.45) is 1.43. The number of carbonyl (C=O) groups excluding carboxylic acids is 1. The van der Waals surface area contributed by atoms with E-state index in [9.17, 15) is 4.79 Å². The summed E-state index contributed by atoms with van der Waals surface area (Å²) in [5.41, 5.74) is 3.34. The first kappa shape index (κ1) is 17.1. The summed E-state index contributed by atoms with van der Waals surface area (Å²) in [4.78, 5) is 12.1. The summed E-state index contributed by atoms with van der Waals surface area (Å²) in [7, 11) is 0. The minimum absolute atomic E-state index is 0.0498. The van der Waals surface area contributed by atoms with Gasteiger partial charge in [0, 0.05) is 12.1 Å². The smallest absolute Gasteiger partial charge is 0.224 e. The zero-order valence-electron chi connectivity index (χ0n) is 14.1. The van der Waals surface area contributed by atoms with Gasteiger partial charge < -0.3 is 10.1 Å². The highest BCUT2D eigenvalue weighted by molar-refractivity contribution is 5.90. The molecule has 0 aromatic heterocycles. The van der Waals surface area contributed by atoms with Crippen molar-refractivity contribution < 1.29 is 9.53 Å². The van der Waals surface area contributed by atoms with Crippen LogP contribution in [0.25, 0.3) is 0 Å². The van der Waals surface area contributed by atoms with Crippen molar-refractivity contribution in [3.8, 4) is 5.75 Å². The van der Waals surface area contributed by atoms with Crippen molar-refractivity contribution in [3.63, 3.8) is 0 Å². The number of hydrogen-bond acceptors (Lipinski definition) is 2. The first-order chi connectivity index (χ1) is 11.1. The molecule has 1 amide bonds. The van der Waals surface area contributed by atoms with Crippen molar-refractivity contribution in [3.05, 3.63) is 59.7 Å². The molecule has 0 aliphatic rings. The lowest BCUT2D eigenvalue weighted by atomic mass is 9.97. The number of nitrogens with one attached hydrogen (secondary N) is 1. The van der Waals surface area contributed by atoms with Crippen LogP contribution in [0.2, 0.25) is 0 Å². The van der Waals surface area contributed by atoms with E-state index in [1.807, 2.05) is 31.2 Å². The first-order valence-corrected chi connectivity index (χ1v) is 8.15. The van der Waals surface area contributed by atoms with Crippen LogP contribution < -0.4 is 10.1 Å². The molecule has 0 fully saturated rings. The highest BCUT2D eigenvalue weighted by Gasteiger charge is 2.10. The SMILES string of the molecule is CCOc1ccc(NC(=O)C[C@@H](C)Cc2ccc(C)cc2)cc1. The number of rotatable bonds is 7. The molecule has 1 atom stereocenters. The summed E-state index contributed by atoms with van der Waals surface area (Å²) in [6, 6.07) is 16.0. The summed E-state index contributed by atoms with van der Waals surface area (Å²) in [5.74, 6) is 1.17. The molecule has 0 saturated heterocycles. The molecule has 3 nitrogen and oxygen atoms in total. The van der Waals surface area contributed by atoms with Crippen molar-refractivity contribution in [2.24, 2.45) is 5.92 Å². The second-order valence-electron chi connectivity index (χ2n) is 6.00. The number of hydrogen-bond donors (Lipinski definition) is 1. The van der Waals surface area contributed by atoms with Gasteiger partial charge in [-0.1, -0.05) is 36.8 Å². The maximum absolute atomic E-state index is 12.1. The predicted octanol–water partition coefficient (Wildman–Crippen LogP) is 4.60. The van der Waals surface area contributed by atoms with Gasteiger partial charge in [0.2, 0.25) is 5.91 Å². The van der Waals surface area contributed by atoms with Gasteiger partial charge in [-0.05, 0) is 56.0 Å². The van der Waals surface area contributed by atoms with Gasteiger partial charge in [-0.15, -0.1) is 0 Å². The highest BCUT2D eigenvalue weighted by Crippen LogP contribution is 2.17. The lowest BCUT2D eigenvalue weighted by Crippen LogP contribution is -2.16. The van der Waals surface area contributed by atoms with Gasteiger partial charge in [0.05, 0.1) is 6.61 Å². The molecule has 0 aliphatic carbocycles. The third-order valence-corrected chi connectivity index (χ3v) is 3.69. The Balaban J connectivity index is 1.82. The van der Waals surface area contributed by atoms with E-state index in [-0.39, 0.29) is 5.91 Å². The molecule has 0 bridgehead atoms. The Kier molecular flexibility index (Phi) is 6.21. The summed E-state index contributed by atoms with van der Waals surface area (Å²) in [5, 5.41) is 2.94. The van der Waals surface area contributed by atoms with Crippen LogP contribution in [-0.2, 0) is 11.2 Å². The van der Waals surface area contributed by atoms with E-state index in [1.165, 1.54) is 11.1 Å². The van der Waals surface area contributed by atoms with Gasteiger partial charge in [0.25, 0.3) is 0 Å². The van der Waals surface area contributed by atoms with Gasteiger partial charge in [-0.2, -0.15) is 0 Å². The van der Waals surface area contributed by atoms with Crippen LogP contribution in [0.4, 0.5) is 5.69 Å². The van der Waals surface area contributed by atoms with Crippen LogP contribution in [0.3, 0.4) is 0 Å². The summed E-state index contributed by atoms with van der Waals surface area (Å²) in [6.45, 7) is 6.78. The van der Waals surface area contributed by atoms with E-state index in [4.69, 9.17) is 4.74 Å². The van der Waals surface area contributed by atoms with Gasteiger partial charge in [-0.3, -0.25) is 4.79 Å². The molecule has 23 heavy (non-hydrogen) atoms. The van der Waals surface area contributed by atoms with E-state index in [0.29, 0.717) is 18.9 Å². The van der Waals surface area contributed by atoms with E-state index in [1.54, 1.807) is 0 Å². The zero-order valence-corrected chi connectivity index (χ0v) is 14.1. The number of amides is 1. The van der Waals surface area contributed by atoms with Crippen molar-refractivity contribution in [1.29, 1.82) is 0 Å². The van der Waals surface area contributed by atoms with E-state index in [0.717, 1.165) is 17.9 Å². The Hall–Kier alpha value is -2.29. The fourth-order valence-electron chi connectivity index (χ4n) is 2.53. The van der Waals surface area contributed by atoms with E-state index >= 15 is 0 Å². The standard InChI is InChI=1S/C20H25NO2/c1-4-23-19-11-9-18(10-12-19)21-20(22)14-16(3)13-17-7-5-15(2)6-8-17/h5-12,16H,4,13-14H2,1-3H3,(H,21,22)/t16-/m0/s1. The first-order valence-electron chi connectivity index (χ1n) is 8.15. The second kappa shape index (κ2) is 8.37. The Morgan fingerprint density at radius 1 is 1.09 bits per heavy atom. The maximum atomic E-state index is 12.1. The number of carbonyl (C=O) groups is 1. The van der Waals surface area contributed by atoms with Crippen molar-refractivity contribution >= 4 is 11.6 Å². The lowest BCUT2D eigenvalue weighted by Gasteiger charge is -2.12. The Morgan fingerprint density at radius 3 is 2.35 bits per heavy atom. The average molecular weight is 311 g/mol. The number of benzene rings is 2. The molecule has 0 heterocycles. The van der Waals surface area contributed by atoms with Crippen molar-refractivity contribution in [1.82, 2.24) is 0 Å². The fourth-order valence-corrected chi connectivity index (χ4v) is 2.53. The predicted molar refractivity (Wildman–Crippen MR) is 94.9 cm³/mol. The van der Waals surface area contributed by atoms with Gasteiger partial charge in [0.1, 0.15) is 5.75 Å². The molecule has 3 heteroatoms. The monoisotopic (exact) mass is 311 g/mol.